The van der Waals surface area contributed by atoms with Gasteiger partial charge in [-0.3, -0.25) is 4.79 Å². The number of oxime groups is 1. The van der Waals surface area contributed by atoms with Crippen LogP contribution in [0.4, 0.5) is 0 Å². The van der Waals surface area contributed by atoms with Crippen LogP contribution < -0.4 is 0 Å². The monoisotopic (exact) mass is 167 g/mol. The molecule has 1 spiro atoms. The van der Waals surface area contributed by atoms with Crippen molar-refractivity contribution < 1.29 is 9.63 Å². The summed E-state index contributed by atoms with van der Waals surface area (Å²) < 4.78 is 0. The molecule has 1 aliphatic heterocycles. The zero-order chi connectivity index (χ0) is 8.60. The fraction of sp³-hybridized carbons (Fsp3) is 0.778. The van der Waals surface area contributed by atoms with Gasteiger partial charge in [0.05, 0.1) is 5.71 Å². The second-order valence-corrected chi connectivity index (χ2v) is 3.82. The third kappa shape index (κ3) is 1.24. The molecule has 1 saturated carbocycles. The van der Waals surface area contributed by atoms with Gasteiger partial charge in [0.15, 0.2) is 0 Å². The maximum Gasteiger partial charge on any atom is 0.143 e. The van der Waals surface area contributed by atoms with Gasteiger partial charge in [-0.2, -0.15) is 0 Å². The number of ketones is 1. The molecule has 0 saturated heterocycles. The highest BCUT2D eigenvalue weighted by Gasteiger charge is 2.40. The van der Waals surface area contributed by atoms with Crippen molar-refractivity contribution in [1.29, 1.82) is 0 Å². The molecule has 2 rings (SSSR count). The summed E-state index contributed by atoms with van der Waals surface area (Å²) in [5.41, 5.74) is 0.960. The molecule has 1 aliphatic carbocycles. The van der Waals surface area contributed by atoms with Crippen LogP contribution >= 0.6 is 0 Å². The lowest BCUT2D eigenvalue weighted by molar-refractivity contribution is -0.127. The Hall–Kier alpha value is -0.860. The molecular formula is C9H13NO2. The number of rotatable bonds is 0. The molecule has 0 N–H and O–H groups in total. The molecule has 1 fully saturated rings. The van der Waals surface area contributed by atoms with Gasteiger partial charge >= 0.3 is 0 Å². The minimum Gasteiger partial charge on any atom is -0.389 e. The van der Waals surface area contributed by atoms with Crippen LogP contribution in [-0.2, 0) is 9.63 Å². The van der Waals surface area contributed by atoms with E-state index >= 15 is 0 Å². The van der Waals surface area contributed by atoms with Crippen LogP contribution in [0.2, 0.25) is 0 Å². The van der Waals surface area contributed by atoms with Gasteiger partial charge in [-0.25, -0.2) is 0 Å². The summed E-state index contributed by atoms with van der Waals surface area (Å²) in [6.07, 6.45) is 3.96. The van der Waals surface area contributed by atoms with Crippen molar-refractivity contribution in [2.24, 2.45) is 5.16 Å². The first-order chi connectivity index (χ1) is 5.70. The Morgan fingerprint density at radius 1 is 1.42 bits per heavy atom. The minimum absolute atomic E-state index is 0.0992. The van der Waals surface area contributed by atoms with Crippen LogP contribution in [-0.4, -0.2) is 17.1 Å². The van der Waals surface area contributed by atoms with Gasteiger partial charge < -0.3 is 4.84 Å². The molecule has 3 nitrogen and oxygen atoms in total. The Kier molecular flexibility index (Phi) is 1.67. The Morgan fingerprint density at radius 3 is 2.58 bits per heavy atom. The van der Waals surface area contributed by atoms with Gasteiger partial charge in [-0.1, -0.05) is 5.16 Å². The standard InChI is InChI=1S/C9H13NO2/c1-7-6-9(12-10-7)4-2-8(11)3-5-9/h2-6H2,1H3. The largest absolute Gasteiger partial charge is 0.389 e. The van der Waals surface area contributed by atoms with E-state index in [-0.39, 0.29) is 5.60 Å². The lowest BCUT2D eigenvalue weighted by Gasteiger charge is -2.29. The summed E-state index contributed by atoms with van der Waals surface area (Å²) in [5, 5.41) is 3.94. The van der Waals surface area contributed by atoms with Crippen LogP contribution in [0.15, 0.2) is 5.16 Å². The fourth-order valence-corrected chi connectivity index (χ4v) is 1.96. The van der Waals surface area contributed by atoms with E-state index in [0.717, 1.165) is 25.0 Å². The molecule has 0 amide bonds. The van der Waals surface area contributed by atoms with Crippen LogP contribution in [0.1, 0.15) is 39.0 Å². The number of nitrogens with zero attached hydrogens (tertiary/aromatic N) is 1. The van der Waals surface area contributed by atoms with Gasteiger partial charge in [-0.15, -0.1) is 0 Å². The van der Waals surface area contributed by atoms with Gasteiger partial charge in [0.1, 0.15) is 11.4 Å². The molecule has 1 heterocycles. The van der Waals surface area contributed by atoms with Crippen LogP contribution in [0, 0.1) is 0 Å². The molecule has 0 radical (unpaired) electrons. The number of carbonyl (C=O) groups excluding carboxylic acids is 1. The van der Waals surface area contributed by atoms with Crippen molar-refractivity contribution in [3.8, 4) is 0 Å². The molecule has 0 atom stereocenters. The van der Waals surface area contributed by atoms with Crippen molar-refractivity contribution in [1.82, 2.24) is 0 Å². The quantitative estimate of drug-likeness (QED) is 0.550. The van der Waals surface area contributed by atoms with Gasteiger partial charge in [0, 0.05) is 19.3 Å². The third-order valence-electron chi connectivity index (χ3n) is 2.69. The van der Waals surface area contributed by atoms with E-state index < -0.39 is 0 Å². The Balaban J connectivity index is 2.02. The molecule has 0 aromatic rings. The summed E-state index contributed by atoms with van der Waals surface area (Å²) in [7, 11) is 0. The Labute approximate surface area is 71.8 Å². The Morgan fingerprint density at radius 2 is 2.08 bits per heavy atom. The summed E-state index contributed by atoms with van der Waals surface area (Å²) in [6, 6.07) is 0. The summed E-state index contributed by atoms with van der Waals surface area (Å²) in [5.74, 6) is 0.369. The predicted molar refractivity (Wildman–Crippen MR) is 45.0 cm³/mol. The smallest absolute Gasteiger partial charge is 0.143 e. The zero-order valence-corrected chi connectivity index (χ0v) is 7.30. The molecule has 2 aliphatic rings. The van der Waals surface area contributed by atoms with Crippen molar-refractivity contribution in [2.75, 3.05) is 0 Å². The maximum absolute atomic E-state index is 11.0. The topological polar surface area (TPSA) is 38.7 Å². The highest BCUT2D eigenvalue weighted by atomic mass is 16.7. The third-order valence-corrected chi connectivity index (χ3v) is 2.69. The minimum atomic E-state index is -0.0992. The van der Waals surface area contributed by atoms with Crippen LogP contribution in [0.5, 0.6) is 0 Å². The average Bonchev–Trinajstić information content (AvgIpc) is 2.40. The number of hydrogen-bond donors (Lipinski definition) is 0. The highest BCUT2D eigenvalue weighted by molar-refractivity contribution is 5.85. The van der Waals surface area contributed by atoms with Crippen molar-refractivity contribution >= 4 is 11.5 Å². The van der Waals surface area contributed by atoms with E-state index in [1.807, 2.05) is 6.92 Å². The molecular weight excluding hydrogens is 154 g/mol. The molecule has 0 bridgehead atoms. The molecule has 0 unspecified atom stereocenters. The Bertz CT molecular complexity index is 235. The first kappa shape index (κ1) is 7.77. The van der Waals surface area contributed by atoms with E-state index in [2.05, 4.69) is 5.16 Å². The van der Waals surface area contributed by atoms with Gasteiger partial charge in [0.25, 0.3) is 0 Å². The average molecular weight is 167 g/mol. The summed E-state index contributed by atoms with van der Waals surface area (Å²) >= 11 is 0. The van der Waals surface area contributed by atoms with E-state index in [4.69, 9.17) is 4.84 Å². The molecule has 0 aromatic carbocycles. The highest BCUT2D eigenvalue weighted by Crippen LogP contribution is 2.36. The van der Waals surface area contributed by atoms with Gasteiger partial charge in [0.2, 0.25) is 0 Å². The molecule has 3 heteroatoms. The number of carbonyl (C=O) groups is 1. The second kappa shape index (κ2) is 2.57. The number of Topliss-reactive ketones (excluding diaryl/α,β-unsaturated/α-hetero) is 1. The first-order valence-electron chi connectivity index (χ1n) is 4.44. The van der Waals surface area contributed by atoms with E-state index in [9.17, 15) is 4.79 Å². The number of hydrogen-bond acceptors (Lipinski definition) is 3. The normalized spacial score (nSPS) is 27.1. The van der Waals surface area contributed by atoms with E-state index in [0.29, 0.717) is 18.6 Å². The van der Waals surface area contributed by atoms with Gasteiger partial charge in [-0.05, 0) is 19.8 Å². The second-order valence-electron chi connectivity index (χ2n) is 3.82. The van der Waals surface area contributed by atoms with E-state index in [1.54, 1.807) is 0 Å². The van der Waals surface area contributed by atoms with E-state index in [1.165, 1.54) is 0 Å². The van der Waals surface area contributed by atoms with Crippen molar-refractivity contribution in [3.05, 3.63) is 0 Å². The van der Waals surface area contributed by atoms with Crippen LogP contribution in [0.3, 0.4) is 0 Å². The molecule has 66 valence electrons. The predicted octanol–water partition coefficient (Wildman–Crippen LogP) is 1.66. The fourth-order valence-electron chi connectivity index (χ4n) is 1.96. The van der Waals surface area contributed by atoms with Crippen LogP contribution in [0.25, 0.3) is 0 Å². The molecule has 12 heavy (non-hydrogen) atoms. The zero-order valence-electron chi connectivity index (χ0n) is 7.30. The maximum atomic E-state index is 11.0. The summed E-state index contributed by atoms with van der Waals surface area (Å²) in [6.45, 7) is 1.98. The lowest BCUT2D eigenvalue weighted by Crippen LogP contribution is -2.34. The molecule has 0 aromatic heterocycles. The van der Waals surface area contributed by atoms with Crippen molar-refractivity contribution in [2.45, 2.75) is 44.6 Å². The van der Waals surface area contributed by atoms with Crippen molar-refractivity contribution in [3.63, 3.8) is 0 Å². The lowest BCUT2D eigenvalue weighted by atomic mass is 9.81. The first-order valence-corrected chi connectivity index (χ1v) is 4.44. The summed E-state index contributed by atoms with van der Waals surface area (Å²) in [4.78, 5) is 16.4. The SMILES string of the molecule is CC1=NOC2(CCC(=O)CC2)C1.